The summed E-state index contributed by atoms with van der Waals surface area (Å²) in [5, 5.41) is 4.31. The van der Waals surface area contributed by atoms with Gasteiger partial charge in [0.2, 0.25) is 5.95 Å². The molecule has 3 aromatic heterocycles. The smallest absolute Gasteiger partial charge is 0.241 e. The maximum Gasteiger partial charge on any atom is 0.241 e. The van der Waals surface area contributed by atoms with Gasteiger partial charge < -0.3 is 9.64 Å². The molecular formula is C15H13ClFN5O. The molecular weight excluding hydrogens is 321 g/mol. The summed E-state index contributed by atoms with van der Waals surface area (Å²) in [5.41, 5.74) is 1.66. The number of nitrogens with zero attached hydrogens (tertiary/aromatic N) is 5. The van der Waals surface area contributed by atoms with Crippen LogP contribution in [0.15, 0.2) is 30.6 Å². The summed E-state index contributed by atoms with van der Waals surface area (Å²) in [7, 11) is 0. The minimum atomic E-state index is -0.628. The van der Waals surface area contributed by atoms with E-state index in [0.29, 0.717) is 31.9 Å². The highest BCUT2D eigenvalue weighted by Gasteiger charge is 2.22. The van der Waals surface area contributed by atoms with Gasteiger partial charge in [0.15, 0.2) is 11.0 Å². The van der Waals surface area contributed by atoms with Gasteiger partial charge in [0.25, 0.3) is 0 Å². The second-order valence-electron chi connectivity index (χ2n) is 5.17. The quantitative estimate of drug-likeness (QED) is 0.674. The molecule has 3 aromatic rings. The fourth-order valence-corrected chi connectivity index (χ4v) is 2.95. The predicted molar refractivity (Wildman–Crippen MR) is 84.2 cm³/mol. The van der Waals surface area contributed by atoms with Crippen molar-refractivity contribution in [1.82, 2.24) is 19.6 Å². The van der Waals surface area contributed by atoms with Crippen molar-refractivity contribution in [2.75, 3.05) is 31.2 Å². The lowest BCUT2D eigenvalue weighted by Gasteiger charge is -2.29. The lowest BCUT2D eigenvalue weighted by atomic mass is 10.2. The molecule has 0 atom stereocenters. The number of hydrogen-bond acceptors (Lipinski definition) is 5. The standard InChI is InChI=1S/C15H13ClFN5O/c16-13-12(21-5-7-23-8-6-21)14(17)20-15(19-13)10-9-18-22-4-2-1-3-11(10)22/h1-4,9H,5-8H2. The normalized spacial score (nSPS) is 15.3. The van der Waals surface area contributed by atoms with Crippen LogP contribution in [0, 0.1) is 5.95 Å². The molecule has 0 N–H and O–H groups in total. The highest BCUT2D eigenvalue weighted by atomic mass is 35.5. The molecule has 4 heterocycles. The summed E-state index contributed by atoms with van der Waals surface area (Å²) < 4.78 is 21.5. The molecule has 1 saturated heterocycles. The van der Waals surface area contributed by atoms with E-state index in [4.69, 9.17) is 16.3 Å². The Labute approximate surface area is 136 Å². The minimum Gasteiger partial charge on any atom is -0.378 e. The van der Waals surface area contributed by atoms with E-state index in [-0.39, 0.29) is 16.7 Å². The van der Waals surface area contributed by atoms with Crippen LogP contribution in [0.25, 0.3) is 16.9 Å². The van der Waals surface area contributed by atoms with Gasteiger partial charge in [0.05, 0.1) is 30.5 Å². The average Bonchev–Trinajstić information content (AvgIpc) is 2.99. The van der Waals surface area contributed by atoms with E-state index in [1.54, 1.807) is 21.8 Å². The van der Waals surface area contributed by atoms with Gasteiger partial charge in [-0.05, 0) is 12.1 Å². The summed E-state index contributed by atoms with van der Waals surface area (Å²) in [6.07, 6.45) is 3.41. The molecule has 23 heavy (non-hydrogen) atoms. The molecule has 0 unspecified atom stereocenters. The fourth-order valence-electron chi connectivity index (χ4n) is 2.68. The zero-order valence-electron chi connectivity index (χ0n) is 12.1. The number of fused-ring (bicyclic) bond motifs is 1. The molecule has 1 aliphatic rings. The summed E-state index contributed by atoms with van der Waals surface area (Å²) in [5.74, 6) is -0.400. The van der Waals surface area contributed by atoms with Gasteiger partial charge in [-0.1, -0.05) is 17.7 Å². The van der Waals surface area contributed by atoms with Crippen molar-refractivity contribution >= 4 is 22.8 Å². The van der Waals surface area contributed by atoms with Crippen LogP contribution in [0.2, 0.25) is 5.15 Å². The lowest BCUT2D eigenvalue weighted by molar-refractivity contribution is 0.122. The Morgan fingerprint density at radius 2 is 2.00 bits per heavy atom. The number of pyridine rings is 1. The number of morpholine rings is 1. The Balaban J connectivity index is 1.79. The molecule has 0 spiro atoms. The van der Waals surface area contributed by atoms with Gasteiger partial charge in [-0.15, -0.1) is 0 Å². The van der Waals surface area contributed by atoms with Crippen molar-refractivity contribution in [2.45, 2.75) is 0 Å². The third-order valence-corrected chi connectivity index (χ3v) is 4.06. The van der Waals surface area contributed by atoms with Crippen molar-refractivity contribution < 1.29 is 9.13 Å². The average molecular weight is 334 g/mol. The van der Waals surface area contributed by atoms with Gasteiger partial charge in [-0.2, -0.15) is 14.5 Å². The van der Waals surface area contributed by atoms with Crippen molar-refractivity contribution in [3.8, 4) is 11.4 Å². The van der Waals surface area contributed by atoms with E-state index in [1.165, 1.54) is 0 Å². The summed E-state index contributed by atoms with van der Waals surface area (Å²) in [6, 6.07) is 5.60. The Bertz CT molecular complexity index is 839. The first-order valence-electron chi connectivity index (χ1n) is 7.22. The summed E-state index contributed by atoms with van der Waals surface area (Å²) in [6.45, 7) is 2.20. The third kappa shape index (κ3) is 2.51. The molecule has 1 fully saturated rings. The number of hydrogen-bond donors (Lipinski definition) is 0. The van der Waals surface area contributed by atoms with E-state index < -0.39 is 5.95 Å². The molecule has 0 aliphatic carbocycles. The molecule has 6 nitrogen and oxygen atoms in total. The maximum atomic E-state index is 14.5. The molecule has 0 radical (unpaired) electrons. The molecule has 0 bridgehead atoms. The van der Waals surface area contributed by atoms with Crippen LogP contribution < -0.4 is 4.90 Å². The van der Waals surface area contributed by atoms with Crippen LogP contribution in [-0.4, -0.2) is 45.9 Å². The van der Waals surface area contributed by atoms with Crippen molar-refractivity contribution in [1.29, 1.82) is 0 Å². The zero-order valence-corrected chi connectivity index (χ0v) is 12.9. The molecule has 0 aromatic carbocycles. The first-order chi connectivity index (χ1) is 11.2. The Hall–Kier alpha value is -2.25. The second kappa shape index (κ2) is 5.75. The van der Waals surface area contributed by atoms with Crippen LogP contribution >= 0.6 is 11.6 Å². The van der Waals surface area contributed by atoms with Crippen molar-refractivity contribution in [3.63, 3.8) is 0 Å². The fraction of sp³-hybridized carbons (Fsp3) is 0.267. The number of anilines is 1. The lowest BCUT2D eigenvalue weighted by Crippen LogP contribution is -2.37. The van der Waals surface area contributed by atoms with Crippen LogP contribution in [-0.2, 0) is 4.74 Å². The van der Waals surface area contributed by atoms with Crippen LogP contribution in [0.1, 0.15) is 0 Å². The minimum absolute atomic E-state index is 0.102. The molecule has 118 valence electrons. The topological polar surface area (TPSA) is 55.5 Å². The monoisotopic (exact) mass is 333 g/mol. The molecule has 0 amide bonds. The highest BCUT2D eigenvalue weighted by molar-refractivity contribution is 6.32. The number of rotatable bonds is 2. The SMILES string of the molecule is Fc1nc(-c2cnn3ccccc23)nc(Cl)c1N1CCOCC1. The summed E-state index contributed by atoms with van der Waals surface area (Å²) >= 11 is 6.24. The van der Waals surface area contributed by atoms with E-state index in [0.717, 1.165) is 5.52 Å². The van der Waals surface area contributed by atoms with Gasteiger partial charge >= 0.3 is 0 Å². The number of ether oxygens (including phenoxy) is 1. The Morgan fingerprint density at radius 3 is 2.78 bits per heavy atom. The summed E-state index contributed by atoms with van der Waals surface area (Å²) in [4.78, 5) is 10.1. The Morgan fingerprint density at radius 1 is 1.17 bits per heavy atom. The third-order valence-electron chi connectivity index (χ3n) is 3.79. The first kappa shape index (κ1) is 14.3. The van der Waals surface area contributed by atoms with Gasteiger partial charge in [0.1, 0.15) is 5.69 Å². The predicted octanol–water partition coefficient (Wildman–Crippen LogP) is 2.42. The van der Waals surface area contributed by atoms with E-state index in [9.17, 15) is 4.39 Å². The largest absolute Gasteiger partial charge is 0.378 e. The van der Waals surface area contributed by atoms with Crippen LogP contribution in [0.5, 0.6) is 0 Å². The second-order valence-corrected chi connectivity index (χ2v) is 5.52. The van der Waals surface area contributed by atoms with Gasteiger partial charge in [-0.25, -0.2) is 9.50 Å². The number of halogens is 2. The van der Waals surface area contributed by atoms with E-state index in [2.05, 4.69) is 15.1 Å². The first-order valence-corrected chi connectivity index (χ1v) is 7.60. The van der Waals surface area contributed by atoms with Crippen molar-refractivity contribution in [2.24, 2.45) is 0 Å². The molecule has 8 heteroatoms. The molecule has 4 rings (SSSR count). The number of aromatic nitrogens is 4. The highest BCUT2D eigenvalue weighted by Crippen LogP contribution is 2.30. The van der Waals surface area contributed by atoms with E-state index >= 15 is 0 Å². The molecule has 1 aliphatic heterocycles. The van der Waals surface area contributed by atoms with Crippen LogP contribution in [0.3, 0.4) is 0 Å². The molecule has 0 saturated carbocycles. The van der Waals surface area contributed by atoms with Crippen molar-refractivity contribution in [3.05, 3.63) is 41.7 Å². The zero-order chi connectivity index (χ0) is 15.8. The van der Waals surface area contributed by atoms with Gasteiger partial charge in [0, 0.05) is 19.3 Å². The maximum absolute atomic E-state index is 14.5. The van der Waals surface area contributed by atoms with E-state index in [1.807, 2.05) is 18.2 Å². The van der Waals surface area contributed by atoms with Gasteiger partial charge in [-0.3, -0.25) is 0 Å². The Kier molecular flexibility index (Phi) is 3.59. The van der Waals surface area contributed by atoms with Crippen LogP contribution in [0.4, 0.5) is 10.1 Å².